The van der Waals surface area contributed by atoms with E-state index in [2.05, 4.69) is 16.0 Å². The minimum absolute atomic E-state index is 0.0317. The van der Waals surface area contributed by atoms with Crippen LogP contribution in [0.1, 0.15) is 55.2 Å². The number of benzene rings is 2. The number of hydrogen-bond acceptors (Lipinski definition) is 8. The predicted molar refractivity (Wildman–Crippen MR) is 152 cm³/mol. The smallest absolute Gasteiger partial charge is 0.277 e. The van der Waals surface area contributed by atoms with Crippen LogP contribution >= 0.6 is 0 Å². The Bertz CT molecular complexity index is 1800. The molecule has 2 aromatic heterocycles. The van der Waals surface area contributed by atoms with Crippen molar-refractivity contribution in [2.45, 2.75) is 62.2 Å². The number of ether oxygens (including phenoxy) is 1. The van der Waals surface area contributed by atoms with Gasteiger partial charge in [0.25, 0.3) is 5.56 Å². The van der Waals surface area contributed by atoms with Crippen LogP contribution in [-0.4, -0.2) is 34.2 Å². The monoisotopic (exact) mass is 570 g/mol. The molecule has 1 aliphatic rings. The topological polar surface area (TPSA) is 135 Å². The first-order valence-electron chi connectivity index (χ1n) is 13.3. The highest BCUT2D eigenvalue weighted by Gasteiger charge is 2.39. The third kappa shape index (κ3) is 5.64. The summed E-state index contributed by atoms with van der Waals surface area (Å²) in [4.78, 5) is 21.5. The van der Waals surface area contributed by atoms with Crippen molar-refractivity contribution in [3.8, 4) is 23.1 Å². The Kier molecular flexibility index (Phi) is 7.76. The molecule has 0 unspecified atom stereocenters. The van der Waals surface area contributed by atoms with Gasteiger partial charge in [0.05, 0.1) is 28.7 Å². The fraction of sp³-hybridized carbons (Fsp3) is 0.290. The van der Waals surface area contributed by atoms with Crippen molar-refractivity contribution < 1.29 is 18.3 Å². The van der Waals surface area contributed by atoms with Crippen molar-refractivity contribution >= 4 is 9.84 Å². The number of rotatable bonds is 9. The van der Waals surface area contributed by atoms with Gasteiger partial charge in [-0.05, 0) is 92.1 Å². The molecule has 0 bridgehead atoms. The maximum Gasteiger partial charge on any atom is 0.277 e. The van der Waals surface area contributed by atoms with Crippen LogP contribution in [0.25, 0.3) is 11.1 Å². The average Bonchev–Trinajstić information content (AvgIpc) is 3.79. The number of nitriles is 1. The van der Waals surface area contributed by atoms with E-state index in [-0.39, 0.29) is 29.3 Å². The molecule has 4 aromatic rings. The van der Waals surface area contributed by atoms with E-state index in [1.54, 1.807) is 42.7 Å². The fourth-order valence-corrected chi connectivity index (χ4v) is 6.32. The summed E-state index contributed by atoms with van der Waals surface area (Å²) < 4.78 is 34.8. The second-order valence-corrected chi connectivity index (χ2v) is 12.3. The molecule has 5 rings (SSSR count). The molecular formula is C31H30N4O5S. The van der Waals surface area contributed by atoms with Crippen LogP contribution in [0.15, 0.2) is 81.6 Å². The van der Waals surface area contributed by atoms with Gasteiger partial charge in [-0.15, -0.1) is 0 Å². The number of nitrogens with zero attached hydrogens (tertiary/aromatic N) is 4. The summed E-state index contributed by atoms with van der Waals surface area (Å²) in [6, 6.07) is 16.4. The van der Waals surface area contributed by atoms with E-state index >= 15 is 0 Å². The van der Waals surface area contributed by atoms with Gasteiger partial charge in [0.2, 0.25) is 15.7 Å². The Morgan fingerprint density at radius 2 is 1.88 bits per heavy atom. The lowest BCUT2D eigenvalue weighted by atomic mass is 9.99. The van der Waals surface area contributed by atoms with E-state index in [0.29, 0.717) is 11.1 Å². The largest absolute Gasteiger partial charge is 0.492 e. The normalized spacial score (nSPS) is 14.1. The lowest BCUT2D eigenvalue weighted by molar-refractivity contribution is 0.0571. The highest BCUT2D eigenvalue weighted by Crippen LogP contribution is 2.44. The zero-order valence-electron chi connectivity index (χ0n) is 23.0. The summed E-state index contributed by atoms with van der Waals surface area (Å²) in [5.41, 5.74) is 2.85. The number of aromatic nitrogens is 3. The molecule has 2 aromatic carbocycles. The van der Waals surface area contributed by atoms with Crippen molar-refractivity contribution in [3.05, 3.63) is 99.9 Å². The van der Waals surface area contributed by atoms with Crippen LogP contribution in [0.5, 0.6) is 5.88 Å². The van der Waals surface area contributed by atoms with Crippen LogP contribution < -0.4 is 5.56 Å². The maximum absolute atomic E-state index is 14.2. The van der Waals surface area contributed by atoms with Crippen molar-refractivity contribution in [1.29, 1.82) is 5.26 Å². The molecule has 1 saturated carbocycles. The quantitative estimate of drug-likeness (QED) is 0.299. The number of pyridine rings is 1. The predicted octanol–water partition coefficient (Wildman–Crippen LogP) is 4.95. The first kappa shape index (κ1) is 28.2. The van der Waals surface area contributed by atoms with Crippen LogP contribution in [-0.2, 0) is 21.2 Å². The van der Waals surface area contributed by atoms with Gasteiger partial charge in [0.1, 0.15) is 12.4 Å². The van der Waals surface area contributed by atoms with Crippen molar-refractivity contribution in [1.82, 2.24) is 14.5 Å². The number of aromatic hydroxyl groups is 1. The maximum atomic E-state index is 14.2. The van der Waals surface area contributed by atoms with Gasteiger partial charge in [0.15, 0.2) is 4.90 Å². The molecule has 0 spiro atoms. The molecular weight excluding hydrogens is 540 g/mol. The van der Waals surface area contributed by atoms with Crippen LogP contribution in [0.2, 0.25) is 0 Å². The third-order valence-electron chi connectivity index (χ3n) is 7.14. The molecule has 2 heterocycles. The fourth-order valence-electron chi connectivity index (χ4n) is 4.98. The molecule has 1 atom stereocenters. The molecule has 0 amide bonds. The average molecular weight is 571 g/mol. The zero-order chi connectivity index (χ0) is 29.3. The first-order valence-corrected chi connectivity index (χ1v) is 14.8. The Balaban J connectivity index is 1.66. The summed E-state index contributed by atoms with van der Waals surface area (Å²) >= 11 is 0. The van der Waals surface area contributed by atoms with E-state index < -0.39 is 32.2 Å². The van der Waals surface area contributed by atoms with Gasteiger partial charge in [-0.2, -0.15) is 10.2 Å². The SMILES string of the molecule is Cc1cnccc1-c1ccc(S(=O)(=O)c2c(O)nc(COC(C)C)n([C@H](c3cccc(C#N)c3)C3CC3)c2=O)cc1. The molecule has 1 fully saturated rings. The van der Waals surface area contributed by atoms with Crippen LogP contribution in [0.3, 0.4) is 0 Å². The van der Waals surface area contributed by atoms with Crippen molar-refractivity contribution in [2.24, 2.45) is 5.92 Å². The minimum Gasteiger partial charge on any atom is -0.492 e. The van der Waals surface area contributed by atoms with Crippen molar-refractivity contribution in [3.63, 3.8) is 0 Å². The molecule has 10 heteroatoms. The molecule has 0 radical (unpaired) electrons. The van der Waals surface area contributed by atoms with Gasteiger partial charge >= 0.3 is 0 Å². The highest BCUT2D eigenvalue weighted by atomic mass is 32.2. The second-order valence-electron chi connectivity index (χ2n) is 10.5. The number of sulfone groups is 1. The molecule has 210 valence electrons. The third-order valence-corrected chi connectivity index (χ3v) is 8.93. The standard InChI is InChI=1S/C31H30N4O5S/c1-19(2)40-18-27-34-30(36)29(31(37)35(27)28(23-7-8-23)24-6-4-5-21(15-24)16-32)41(38,39)25-11-9-22(10-12-25)26-13-14-33-17-20(26)3/h4-6,9-15,17,19,23,28,36H,7-8,18H2,1-3H3/t28-/m0/s1. The van der Waals surface area contributed by atoms with E-state index in [0.717, 1.165) is 29.5 Å². The summed E-state index contributed by atoms with van der Waals surface area (Å²) in [5.74, 6) is -0.727. The molecule has 9 nitrogen and oxygen atoms in total. The van der Waals surface area contributed by atoms with Gasteiger partial charge in [-0.1, -0.05) is 24.3 Å². The Morgan fingerprint density at radius 1 is 1.15 bits per heavy atom. The van der Waals surface area contributed by atoms with E-state index in [9.17, 15) is 23.6 Å². The van der Waals surface area contributed by atoms with Gasteiger partial charge in [0, 0.05) is 12.4 Å². The summed E-state index contributed by atoms with van der Waals surface area (Å²) in [6.45, 7) is 5.45. The number of aryl methyl sites for hydroxylation is 1. The lowest BCUT2D eigenvalue weighted by Crippen LogP contribution is -2.35. The number of hydrogen-bond donors (Lipinski definition) is 1. The summed E-state index contributed by atoms with van der Waals surface area (Å²) in [5, 5.41) is 20.4. The lowest BCUT2D eigenvalue weighted by Gasteiger charge is -2.25. The highest BCUT2D eigenvalue weighted by molar-refractivity contribution is 7.91. The molecule has 0 aliphatic heterocycles. The van der Waals surface area contributed by atoms with E-state index in [1.807, 2.05) is 32.9 Å². The zero-order valence-corrected chi connectivity index (χ0v) is 23.8. The van der Waals surface area contributed by atoms with E-state index in [4.69, 9.17) is 4.74 Å². The Hall–Kier alpha value is -4.33. The summed E-state index contributed by atoms with van der Waals surface area (Å²) in [6.07, 6.45) is 4.81. The Labute approximate surface area is 238 Å². The molecule has 1 N–H and O–H groups in total. The molecule has 0 saturated heterocycles. The van der Waals surface area contributed by atoms with Gasteiger partial charge in [-0.25, -0.2) is 8.42 Å². The minimum atomic E-state index is -4.47. The Morgan fingerprint density at radius 3 is 2.51 bits per heavy atom. The first-order chi connectivity index (χ1) is 19.6. The summed E-state index contributed by atoms with van der Waals surface area (Å²) in [7, 11) is -4.47. The van der Waals surface area contributed by atoms with Gasteiger partial charge < -0.3 is 9.84 Å². The van der Waals surface area contributed by atoms with Crippen LogP contribution in [0, 0.1) is 24.2 Å². The second kappa shape index (κ2) is 11.3. The van der Waals surface area contributed by atoms with Gasteiger partial charge in [-0.3, -0.25) is 14.3 Å². The van der Waals surface area contributed by atoms with Crippen LogP contribution in [0.4, 0.5) is 0 Å². The molecule has 41 heavy (non-hydrogen) atoms. The van der Waals surface area contributed by atoms with E-state index in [1.165, 1.54) is 16.7 Å². The molecule has 1 aliphatic carbocycles. The van der Waals surface area contributed by atoms with Crippen molar-refractivity contribution in [2.75, 3.05) is 0 Å².